The second-order valence-corrected chi connectivity index (χ2v) is 5.38. The molecule has 1 saturated heterocycles. The number of nitro groups is 1. The maximum atomic E-state index is 11.2. The van der Waals surface area contributed by atoms with Gasteiger partial charge in [0.2, 0.25) is 0 Å². The highest BCUT2D eigenvalue weighted by Crippen LogP contribution is 2.35. The second-order valence-electron chi connectivity index (χ2n) is 5.38. The van der Waals surface area contributed by atoms with Gasteiger partial charge in [-0.25, -0.2) is 0 Å². The number of nitrogen functional groups attached to an aromatic ring is 1. The first-order chi connectivity index (χ1) is 9.56. The molecular formula is C13H20N4O3. The number of para-hydroxylation sites is 1. The zero-order chi connectivity index (χ0) is 14.6. The molecule has 2 rings (SSSR count). The number of anilines is 2. The van der Waals surface area contributed by atoms with Crippen molar-refractivity contribution in [2.75, 3.05) is 30.5 Å². The van der Waals surface area contributed by atoms with Crippen LogP contribution in [0.25, 0.3) is 0 Å². The van der Waals surface area contributed by atoms with Crippen LogP contribution in [0.3, 0.4) is 0 Å². The lowest BCUT2D eigenvalue weighted by Gasteiger charge is -2.33. The lowest BCUT2D eigenvalue weighted by Crippen LogP contribution is -2.33. The zero-order valence-corrected chi connectivity index (χ0v) is 11.5. The molecule has 0 bridgehead atoms. The summed E-state index contributed by atoms with van der Waals surface area (Å²) in [5.41, 5.74) is 3.22. The number of nitrogens with one attached hydrogen (secondary N) is 2. The van der Waals surface area contributed by atoms with E-state index in [0.717, 1.165) is 26.1 Å². The van der Waals surface area contributed by atoms with E-state index in [4.69, 9.17) is 10.6 Å². The zero-order valence-electron chi connectivity index (χ0n) is 11.5. The van der Waals surface area contributed by atoms with E-state index in [-0.39, 0.29) is 11.1 Å². The smallest absolute Gasteiger partial charge is 0.316 e. The highest BCUT2D eigenvalue weighted by molar-refractivity contribution is 5.75. The highest BCUT2D eigenvalue weighted by Gasteiger charge is 2.28. The number of nitro benzene ring substituents is 1. The van der Waals surface area contributed by atoms with Gasteiger partial charge in [0.1, 0.15) is 11.4 Å². The SMILES string of the molecule is CC1(CNc2cccc(NN)c2[N+](=O)[O-])CCOCC1. The number of benzene rings is 1. The summed E-state index contributed by atoms with van der Waals surface area (Å²) in [7, 11) is 0. The summed E-state index contributed by atoms with van der Waals surface area (Å²) in [5.74, 6) is 5.32. The summed E-state index contributed by atoms with van der Waals surface area (Å²) in [6.45, 7) is 4.32. The van der Waals surface area contributed by atoms with Crippen molar-refractivity contribution < 1.29 is 9.66 Å². The Balaban J connectivity index is 2.14. The summed E-state index contributed by atoms with van der Waals surface area (Å²) in [6.07, 6.45) is 1.89. The number of nitrogens with two attached hydrogens (primary N) is 1. The Morgan fingerprint density at radius 3 is 2.65 bits per heavy atom. The van der Waals surface area contributed by atoms with Crippen LogP contribution < -0.4 is 16.6 Å². The molecule has 4 N–H and O–H groups in total. The fourth-order valence-corrected chi connectivity index (χ4v) is 2.35. The van der Waals surface area contributed by atoms with E-state index in [1.165, 1.54) is 0 Å². The van der Waals surface area contributed by atoms with Gasteiger partial charge in [-0.05, 0) is 30.4 Å². The van der Waals surface area contributed by atoms with Crippen LogP contribution in [0.1, 0.15) is 19.8 Å². The Bertz CT molecular complexity index is 487. The molecule has 7 nitrogen and oxygen atoms in total. The minimum absolute atomic E-state index is 0.0225. The van der Waals surface area contributed by atoms with Crippen LogP contribution in [0.5, 0.6) is 0 Å². The third-order valence-corrected chi connectivity index (χ3v) is 3.78. The summed E-state index contributed by atoms with van der Waals surface area (Å²) >= 11 is 0. The van der Waals surface area contributed by atoms with Crippen molar-refractivity contribution in [3.05, 3.63) is 28.3 Å². The minimum atomic E-state index is -0.427. The Kier molecular flexibility index (Phi) is 4.41. The summed E-state index contributed by atoms with van der Waals surface area (Å²) in [6, 6.07) is 5.01. The number of rotatable bonds is 5. The molecule has 0 atom stereocenters. The monoisotopic (exact) mass is 280 g/mol. The van der Waals surface area contributed by atoms with Gasteiger partial charge >= 0.3 is 5.69 Å². The lowest BCUT2D eigenvalue weighted by atomic mass is 9.82. The molecule has 0 spiro atoms. The lowest BCUT2D eigenvalue weighted by molar-refractivity contribution is -0.383. The van der Waals surface area contributed by atoms with Gasteiger partial charge in [0, 0.05) is 19.8 Å². The second kappa shape index (κ2) is 6.06. The summed E-state index contributed by atoms with van der Waals surface area (Å²) < 4.78 is 5.35. The quantitative estimate of drug-likeness (QED) is 0.433. The van der Waals surface area contributed by atoms with Gasteiger partial charge in [-0.3, -0.25) is 16.0 Å². The molecule has 1 aromatic carbocycles. The average molecular weight is 280 g/mol. The Morgan fingerprint density at radius 1 is 1.40 bits per heavy atom. The third kappa shape index (κ3) is 3.17. The fraction of sp³-hybridized carbons (Fsp3) is 0.538. The normalized spacial score (nSPS) is 17.5. The molecule has 7 heteroatoms. The first-order valence-electron chi connectivity index (χ1n) is 6.61. The maximum Gasteiger partial charge on any atom is 0.316 e. The van der Waals surface area contributed by atoms with Crippen LogP contribution >= 0.6 is 0 Å². The molecule has 0 amide bonds. The van der Waals surface area contributed by atoms with Gasteiger partial charge in [-0.15, -0.1) is 0 Å². The van der Waals surface area contributed by atoms with E-state index in [9.17, 15) is 10.1 Å². The molecule has 1 fully saturated rings. The summed E-state index contributed by atoms with van der Waals surface area (Å²) in [5, 5.41) is 14.4. The number of hydrogen-bond acceptors (Lipinski definition) is 6. The molecule has 1 aromatic rings. The number of ether oxygens (including phenoxy) is 1. The maximum absolute atomic E-state index is 11.2. The predicted molar refractivity (Wildman–Crippen MR) is 77.6 cm³/mol. The van der Waals surface area contributed by atoms with E-state index in [2.05, 4.69) is 17.7 Å². The first kappa shape index (κ1) is 14.5. The molecule has 0 unspecified atom stereocenters. The Morgan fingerprint density at radius 2 is 2.05 bits per heavy atom. The molecule has 1 aliphatic rings. The molecule has 20 heavy (non-hydrogen) atoms. The molecule has 1 heterocycles. The van der Waals surface area contributed by atoms with Crippen LogP contribution in [0, 0.1) is 15.5 Å². The van der Waals surface area contributed by atoms with Crippen molar-refractivity contribution in [3.8, 4) is 0 Å². The molecule has 1 aliphatic heterocycles. The molecule has 0 radical (unpaired) electrons. The number of nitrogens with zero attached hydrogens (tertiary/aromatic N) is 1. The van der Waals surface area contributed by atoms with Crippen LogP contribution in [0.15, 0.2) is 18.2 Å². The van der Waals surface area contributed by atoms with Gasteiger partial charge in [0.25, 0.3) is 0 Å². The van der Waals surface area contributed by atoms with E-state index >= 15 is 0 Å². The van der Waals surface area contributed by atoms with Crippen LogP contribution in [-0.2, 0) is 4.74 Å². The van der Waals surface area contributed by atoms with Gasteiger partial charge in [0.05, 0.1) is 4.92 Å². The largest absolute Gasteiger partial charge is 0.381 e. The predicted octanol–water partition coefficient (Wildman–Crippen LogP) is 2.11. The summed E-state index contributed by atoms with van der Waals surface area (Å²) in [4.78, 5) is 10.8. The van der Waals surface area contributed by atoms with Crippen molar-refractivity contribution >= 4 is 17.1 Å². The van der Waals surface area contributed by atoms with Crippen molar-refractivity contribution in [1.29, 1.82) is 0 Å². The van der Waals surface area contributed by atoms with E-state index in [1.54, 1.807) is 18.2 Å². The van der Waals surface area contributed by atoms with Crippen LogP contribution in [0.4, 0.5) is 17.1 Å². The van der Waals surface area contributed by atoms with E-state index in [1.807, 2.05) is 0 Å². The number of hydrazine groups is 1. The molecule has 0 saturated carbocycles. The minimum Gasteiger partial charge on any atom is -0.381 e. The highest BCUT2D eigenvalue weighted by atomic mass is 16.6. The standard InChI is InChI=1S/C13H20N4O3/c1-13(5-7-20-8-6-13)9-15-10-3-2-4-11(16-14)12(10)17(18)19/h2-4,15-16H,5-9,14H2,1H3. The Hall–Kier alpha value is -1.86. The van der Waals surface area contributed by atoms with Crippen molar-refractivity contribution in [2.24, 2.45) is 11.3 Å². The molecule has 110 valence electrons. The van der Waals surface area contributed by atoms with Gasteiger partial charge < -0.3 is 15.5 Å². The van der Waals surface area contributed by atoms with Crippen LogP contribution in [-0.4, -0.2) is 24.7 Å². The molecular weight excluding hydrogens is 260 g/mol. The van der Waals surface area contributed by atoms with E-state index < -0.39 is 4.92 Å². The van der Waals surface area contributed by atoms with Crippen LogP contribution in [0.2, 0.25) is 0 Å². The Labute approximate surface area is 117 Å². The van der Waals surface area contributed by atoms with Gasteiger partial charge in [0.15, 0.2) is 0 Å². The van der Waals surface area contributed by atoms with Gasteiger partial charge in [-0.2, -0.15) is 0 Å². The molecule has 0 aliphatic carbocycles. The third-order valence-electron chi connectivity index (χ3n) is 3.78. The van der Waals surface area contributed by atoms with E-state index in [0.29, 0.717) is 17.9 Å². The first-order valence-corrected chi connectivity index (χ1v) is 6.61. The van der Waals surface area contributed by atoms with Crippen molar-refractivity contribution in [2.45, 2.75) is 19.8 Å². The fourth-order valence-electron chi connectivity index (χ4n) is 2.35. The van der Waals surface area contributed by atoms with Crippen molar-refractivity contribution in [3.63, 3.8) is 0 Å². The molecule has 0 aromatic heterocycles. The number of hydrogen-bond donors (Lipinski definition) is 3. The van der Waals surface area contributed by atoms with Crippen molar-refractivity contribution in [1.82, 2.24) is 0 Å². The van der Waals surface area contributed by atoms with Gasteiger partial charge in [-0.1, -0.05) is 13.0 Å². The topological polar surface area (TPSA) is 102 Å². The average Bonchev–Trinajstić information content (AvgIpc) is 2.45.